The monoisotopic (exact) mass is 212 g/mol. The second kappa shape index (κ2) is 3.37. The van der Waals surface area contributed by atoms with E-state index in [4.69, 9.17) is 11.6 Å². The number of hydrogen-bond donors (Lipinski definition) is 0. The maximum atomic E-state index is 11.1. The maximum Gasteiger partial charge on any atom is 0.225 e. The van der Waals surface area contributed by atoms with E-state index in [9.17, 15) is 4.79 Å². The molecule has 0 aliphatic heterocycles. The van der Waals surface area contributed by atoms with Gasteiger partial charge in [-0.2, -0.15) is 0 Å². The SMILES string of the molecule is CC1(C)[C@H](C(=O)Cl)[C@@H]1C=C1CCCC1. The van der Waals surface area contributed by atoms with Crippen molar-refractivity contribution in [3.05, 3.63) is 11.6 Å². The lowest BCUT2D eigenvalue weighted by Crippen LogP contribution is -1.96. The molecule has 2 atom stereocenters. The molecule has 0 heterocycles. The van der Waals surface area contributed by atoms with E-state index >= 15 is 0 Å². The maximum absolute atomic E-state index is 11.1. The first-order valence-corrected chi connectivity index (χ1v) is 5.80. The Morgan fingerprint density at radius 1 is 1.43 bits per heavy atom. The smallest absolute Gasteiger partial charge is 0.225 e. The summed E-state index contributed by atoms with van der Waals surface area (Å²) in [6.45, 7) is 4.27. The lowest BCUT2D eigenvalue weighted by molar-refractivity contribution is -0.113. The van der Waals surface area contributed by atoms with E-state index in [1.807, 2.05) is 0 Å². The molecule has 1 nitrogen and oxygen atoms in total. The Morgan fingerprint density at radius 2 is 2.00 bits per heavy atom. The van der Waals surface area contributed by atoms with E-state index in [2.05, 4.69) is 19.9 Å². The van der Waals surface area contributed by atoms with Crippen LogP contribution in [0, 0.1) is 17.3 Å². The van der Waals surface area contributed by atoms with Crippen LogP contribution in [0.5, 0.6) is 0 Å². The molecule has 0 bridgehead atoms. The van der Waals surface area contributed by atoms with Gasteiger partial charge in [0.05, 0.1) is 0 Å². The summed E-state index contributed by atoms with van der Waals surface area (Å²) < 4.78 is 0. The zero-order valence-corrected chi connectivity index (χ0v) is 9.60. The average Bonchev–Trinajstić information content (AvgIpc) is 2.50. The van der Waals surface area contributed by atoms with Crippen LogP contribution in [0.4, 0.5) is 0 Å². The third-order valence-corrected chi connectivity index (χ3v) is 4.05. The Bertz CT molecular complexity index is 283. The van der Waals surface area contributed by atoms with Crippen molar-refractivity contribution < 1.29 is 4.79 Å². The first-order valence-electron chi connectivity index (χ1n) is 5.42. The quantitative estimate of drug-likeness (QED) is 0.506. The van der Waals surface area contributed by atoms with Gasteiger partial charge in [0, 0.05) is 5.92 Å². The molecule has 2 aliphatic carbocycles. The second-order valence-electron chi connectivity index (χ2n) is 5.16. The van der Waals surface area contributed by atoms with Gasteiger partial charge in [-0.25, -0.2) is 0 Å². The van der Waals surface area contributed by atoms with Gasteiger partial charge in [-0.15, -0.1) is 0 Å². The molecule has 0 spiro atoms. The standard InChI is InChI=1S/C12H17ClO/c1-12(2)9(10(12)11(13)14)7-8-5-3-4-6-8/h7,9-10H,3-6H2,1-2H3/t9-,10-/m0/s1. The Kier molecular flexibility index (Phi) is 2.46. The van der Waals surface area contributed by atoms with E-state index in [0.717, 1.165) is 0 Å². The highest BCUT2D eigenvalue weighted by molar-refractivity contribution is 6.64. The molecular formula is C12H17ClO. The number of carbonyl (C=O) groups excluding carboxylic acids is 1. The number of halogens is 1. The zero-order valence-electron chi connectivity index (χ0n) is 8.85. The van der Waals surface area contributed by atoms with Gasteiger partial charge in [0.15, 0.2) is 0 Å². The van der Waals surface area contributed by atoms with Crippen molar-refractivity contribution in [3.63, 3.8) is 0 Å². The summed E-state index contributed by atoms with van der Waals surface area (Å²) in [4.78, 5) is 11.1. The normalized spacial score (nSPS) is 34.4. The predicted octanol–water partition coefficient (Wildman–Crippen LogP) is 3.52. The number of carbonyl (C=O) groups is 1. The van der Waals surface area contributed by atoms with Gasteiger partial charge in [0.25, 0.3) is 0 Å². The lowest BCUT2D eigenvalue weighted by Gasteiger charge is -1.98. The van der Waals surface area contributed by atoms with Crippen LogP contribution >= 0.6 is 11.6 Å². The van der Waals surface area contributed by atoms with E-state index in [0.29, 0.717) is 5.92 Å². The highest BCUT2D eigenvalue weighted by Gasteiger charge is 2.59. The molecule has 14 heavy (non-hydrogen) atoms. The predicted molar refractivity (Wildman–Crippen MR) is 58.2 cm³/mol. The van der Waals surface area contributed by atoms with Crippen LogP contribution in [0.3, 0.4) is 0 Å². The van der Waals surface area contributed by atoms with Crippen molar-refractivity contribution in [3.8, 4) is 0 Å². The third-order valence-electron chi connectivity index (χ3n) is 3.82. The fourth-order valence-electron chi connectivity index (χ4n) is 2.67. The molecule has 0 aromatic carbocycles. The molecule has 0 aromatic heterocycles. The van der Waals surface area contributed by atoms with Crippen molar-refractivity contribution in [1.82, 2.24) is 0 Å². The van der Waals surface area contributed by atoms with Crippen molar-refractivity contribution in [1.29, 1.82) is 0 Å². The fraction of sp³-hybridized carbons (Fsp3) is 0.750. The largest absolute Gasteiger partial charge is 0.281 e. The second-order valence-corrected chi connectivity index (χ2v) is 5.53. The van der Waals surface area contributed by atoms with Crippen molar-refractivity contribution >= 4 is 16.8 Å². The van der Waals surface area contributed by atoms with Gasteiger partial charge >= 0.3 is 0 Å². The fourth-order valence-corrected chi connectivity index (χ4v) is 3.09. The molecule has 2 rings (SSSR count). The highest BCUT2D eigenvalue weighted by atomic mass is 35.5. The Labute approximate surface area is 90.5 Å². The number of rotatable bonds is 2. The van der Waals surface area contributed by atoms with Crippen molar-refractivity contribution in [2.75, 3.05) is 0 Å². The van der Waals surface area contributed by atoms with Crippen LogP contribution < -0.4 is 0 Å². The highest BCUT2D eigenvalue weighted by Crippen LogP contribution is 2.60. The van der Waals surface area contributed by atoms with Gasteiger partial charge in [-0.05, 0) is 48.6 Å². The van der Waals surface area contributed by atoms with Crippen LogP contribution in [-0.2, 0) is 4.79 Å². The summed E-state index contributed by atoms with van der Waals surface area (Å²) in [7, 11) is 0. The van der Waals surface area contributed by atoms with E-state index in [-0.39, 0.29) is 16.6 Å². The molecule has 2 heteroatoms. The van der Waals surface area contributed by atoms with E-state index in [1.165, 1.54) is 25.7 Å². The van der Waals surface area contributed by atoms with Crippen LogP contribution in [-0.4, -0.2) is 5.24 Å². The van der Waals surface area contributed by atoms with Crippen LogP contribution in [0.25, 0.3) is 0 Å². The zero-order chi connectivity index (χ0) is 10.3. The minimum atomic E-state index is -0.158. The summed E-state index contributed by atoms with van der Waals surface area (Å²) in [5, 5.41) is -0.158. The van der Waals surface area contributed by atoms with Gasteiger partial charge in [-0.1, -0.05) is 25.5 Å². The summed E-state index contributed by atoms with van der Waals surface area (Å²) >= 11 is 5.57. The van der Waals surface area contributed by atoms with Crippen LogP contribution in [0.2, 0.25) is 0 Å². The molecule has 0 N–H and O–H groups in total. The van der Waals surface area contributed by atoms with Gasteiger partial charge in [-0.3, -0.25) is 4.79 Å². The summed E-state index contributed by atoms with van der Waals surface area (Å²) in [5.74, 6) is 0.470. The topological polar surface area (TPSA) is 17.1 Å². The summed E-state index contributed by atoms with van der Waals surface area (Å²) in [6, 6.07) is 0. The average molecular weight is 213 g/mol. The molecule has 2 saturated carbocycles. The number of allylic oxidation sites excluding steroid dienone is 2. The Morgan fingerprint density at radius 3 is 2.43 bits per heavy atom. The molecule has 0 unspecified atom stereocenters. The minimum absolute atomic E-state index is 0.0669. The molecule has 0 aromatic rings. The van der Waals surface area contributed by atoms with E-state index in [1.54, 1.807) is 5.57 Å². The molecule has 2 aliphatic rings. The number of hydrogen-bond acceptors (Lipinski definition) is 1. The van der Waals surface area contributed by atoms with E-state index < -0.39 is 0 Å². The molecule has 0 radical (unpaired) electrons. The first-order chi connectivity index (χ1) is 6.53. The van der Waals surface area contributed by atoms with Gasteiger partial charge < -0.3 is 0 Å². The molecule has 2 fully saturated rings. The molecule has 78 valence electrons. The summed E-state index contributed by atoms with van der Waals surface area (Å²) in [5.41, 5.74) is 1.65. The summed E-state index contributed by atoms with van der Waals surface area (Å²) in [6.07, 6.45) is 7.42. The van der Waals surface area contributed by atoms with Gasteiger partial charge in [0.2, 0.25) is 5.24 Å². The molecular weight excluding hydrogens is 196 g/mol. The first kappa shape index (κ1) is 10.2. The van der Waals surface area contributed by atoms with Crippen LogP contribution in [0.1, 0.15) is 39.5 Å². The minimum Gasteiger partial charge on any atom is -0.281 e. The third kappa shape index (κ3) is 1.63. The Hall–Kier alpha value is -0.300. The molecule has 0 saturated heterocycles. The molecule has 0 amide bonds. The van der Waals surface area contributed by atoms with Crippen molar-refractivity contribution in [2.45, 2.75) is 39.5 Å². The van der Waals surface area contributed by atoms with Crippen molar-refractivity contribution in [2.24, 2.45) is 17.3 Å². The lowest BCUT2D eigenvalue weighted by atomic mass is 10.1. The Balaban J connectivity index is 2.07. The van der Waals surface area contributed by atoms with Crippen LogP contribution in [0.15, 0.2) is 11.6 Å². The van der Waals surface area contributed by atoms with Gasteiger partial charge in [0.1, 0.15) is 0 Å².